The summed E-state index contributed by atoms with van der Waals surface area (Å²) in [5.74, 6) is -0.124. The van der Waals surface area contributed by atoms with Gasteiger partial charge in [0.1, 0.15) is 5.78 Å². The number of carbonyl (C=O) groups excluding carboxylic acids is 2. The van der Waals surface area contributed by atoms with Crippen LogP contribution in [0.25, 0.3) is 0 Å². The molecule has 2 aliphatic carbocycles. The molecule has 2 fully saturated rings. The number of ketones is 1. The van der Waals surface area contributed by atoms with E-state index in [0.29, 0.717) is 31.7 Å². The fraction of sp³-hybridized carbons (Fsp3) is 0.714. The second-order valence-electron chi connectivity index (χ2n) is 5.25. The van der Waals surface area contributed by atoms with Crippen LogP contribution in [0, 0.1) is 11.3 Å². The molecule has 0 aromatic carbocycles. The Balaban J connectivity index is 2.12. The summed E-state index contributed by atoms with van der Waals surface area (Å²) < 4.78 is 5.05. The Morgan fingerprint density at radius 3 is 2.94 bits per heavy atom. The van der Waals surface area contributed by atoms with Crippen LogP contribution in [-0.4, -0.2) is 18.4 Å². The Labute approximate surface area is 102 Å². The minimum Gasteiger partial charge on any atom is -0.466 e. The summed E-state index contributed by atoms with van der Waals surface area (Å²) in [6.45, 7) is 6.17. The summed E-state index contributed by atoms with van der Waals surface area (Å²) in [6.07, 6.45) is 4.99. The maximum Gasteiger partial charge on any atom is 0.313 e. The number of Topliss-reactive ketones (excluding diaryl/α,β-unsaturated/α-hetero) is 1. The van der Waals surface area contributed by atoms with Crippen LogP contribution in [0.2, 0.25) is 0 Å². The van der Waals surface area contributed by atoms with Crippen molar-refractivity contribution in [3.8, 4) is 0 Å². The van der Waals surface area contributed by atoms with E-state index in [2.05, 4.69) is 6.58 Å². The Kier molecular flexibility index (Phi) is 3.36. The van der Waals surface area contributed by atoms with Gasteiger partial charge in [-0.05, 0) is 32.6 Å². The van der Waals surface area contributed by atoms with Crippen LogP contribution >= 0.6 is 0 Å². The molecule has 2 unspecified atom stereocenters. The van der Waals surface area contributed by atoms with E-state index in [9.17, 15) is 9.59 Å². The number of esters is 1. The highest BCUT2D eigenvalue weighted by Crippen LogP contribution is 2.51. The minimum absolute atomic E-state index is 0.201. The fourth-order valence-electron chi connectivity index (χ4n) is 3.21. The molecule has 1 spiro atoms. The quantitative estimate of drug-likeness (QED) is 0.547. The van der Waals surface area contributed by atoms with Crippen molar-refractivity contribution in [3.05, 3.63) is 12.2 Å². The van der Waals surface area contributed by atoms with Gasteiger partial charge in [-0.1, -0.05) is 18.6 Å². The Hall–Kier alpha value is -1.12. The van der Waals surface area contributed by atoms with Gasteiger partial charge >= 0.3 is 5.97 Å². The lowest BCUT2D eigenvalue weighted by atomic mass is 9.71. The topological polar surface area (TPSA) is 43.4 Å². The molecular weight excluding hydrogens is 216 g/mol. The third kappa shape index (κ3) is 2.15. The summed E-state index contributed by atoms with van der Waals surface area (Å²) in [5, 5.41) is 0. The standard InChI is InChI=1S/C14H20O3/c1-3-17-13(16)11-9-14(8-10(11)2)7-5-4-6-12(14)15/h11H,2-9H2,1H3. The normalized spacial score (nSPS) is 33.1. The summed E-state index contributed by atoms with van der Waals surface area (Å²) in [5.41, 5.74) is 0.603. The molecule has 17 heavy (non-hydrogen) atoms. The molecule has 0 aromatic rings. The van der Waals surface area contributed by atoms with E-state index in [0.717, 1.165) is 24.8 Å². The molecule has 0 heterocycles. The zero-order valence-electron chi connectivity index (χ0n) is 10.5. The first-order valence-electron chi connectivity index (χ1n) is 6.47. The van der Waals surface area contributed by atoms with Crippen LogP contribution in [0.5, 0.6) is 0 Å². The van der Waals surface area contributed by atoms with Gasteiger partial charge in [0.05, 0.1) is 12.5 Å². The van der Waals surface area contributed by atoms with Crippen LogP contribution in [0.15, 0.2) is 12.2 Å². The van der Waals surface area contributed by atoms with E-state index in [1.54, 1.807) is 6.92 Å². The summed E-state index contributed by atoms with van der Waals surface area (Å²) in [7, 11) is 0. The predicted octanol–water partition coefficient (Wildman–Crippen LogP) is 2.65. The molecule has 0 N–H and O–H groups in total. The molecule has 3 nitrogen and oxygen atoms in total. The monoisotopic (exact) mass is 236 g/mol. The number of ether oxygens (including phenoxy) is 1. The molecule has 0 radical (unpaired) electrons. The van der Waals surface area contributed by atoms with Gasteiger partial charge in [0.15, 0.2) is 0 Å². The van der Waals surface area contributed by atoms with Crippen LogP contribution in [0.1, 0.15) is 45.4 Å². The molecule has 2 rings (SSSR count). The molecule has 0 aliphatic heterocycles. The largest absolute Gasteiger partial charge is 0.466 e. The molecular formula is C14H20O3. The zero-order chi connectivity index (χ0) is 12.5. The first-order valence-corrected chi connectivity index (χ1v) is 6.47. The van der Waals surface area contributed by atoms with Crippen LogP contribution in [0.3, 0.4) is 0 Å². The van der Waals surface area contributed by atoms with Gasteiger partial charge in [-0.2, -0.15) is 0 Å². The molecule has 0 aromatic heterocycles. The van der Waals surface area contributed by atoms with E-state index in [4.69, 9.17) is 4.74 Å². The van der Waals surface area contributed by atoms with Crippen LogP contribution in [0.4, 0.5) is 0 Å². The molecule has 94 valence electrons. The van der Waals surface area contributed by atoms with Gasteiger partial charge < -0.3 is 4.74 Å². The molecule has 0 amide bonds. The van der Waals surface area contributed by atoms with Crippen molar-refractivity contribution in [2.45, 2.75) is 45.4 Å². The molecule has 2 atom stereocenters. The van der Waals surface area contributed by atoms with E-state index in [-0.39, 0.29) is 17.3 Å². The SMILES string of the molecule is C=C1CC2(CCCCC2=O)CC1C(=O)OCC. The van der Waals surface area contributed by atoms with E-state index in [1.807, 2.05) is 0 Å². The highest BCUT2D eigenvalue weighted by Gasteiger charge is 2.49. The zero-order valence-corrected chi connectivity index (χ0v) is 10.5. The van der Waals surface area contributed by atoms with E-state index >= 15 is 0 Å². The van der Waals surface area contributed by atoms with Gasteiger partial charge in [-0.25, -0.2) is 0 Å². The van der Waals surface area contributed by atoms with Gasteiger partial charge in [0, 0.05) is 11.8 Å². The summed E-state index contributed by atoms with van der Waals surface area (Å²) in [6, 6.07) is 0. The van der Waals surface area contributed by atoms with Crippen molar-refractivity contribution in [1.29, 1.82) is 0 Å². The molecule has 0 bridgehead atoms. The van der Waals surface area contributed by atoms with Gasteiger partial charge in [0.25, 0.3) is 0 Å². The van der Waals surface area contributed by atoms with Crippen molar-refractivity contribution < 1.29 is 14.3 Å². The molecule has 0 saturated heterocycles. The molecule has 3 heteroatoms. The van der Waals surface area contributed by atoms with E-state index in [1.165, 1.54) is 0 Å². The van der Waals surface area contributed by atoms with Crippen molar-refractivity contribution in [1.82, 2.24) is 0 Å². The second-order valence-corrected chi connectivity index (χ2v) is 5.25. The number of hydrogen-bond acceptors (Lipinski definition) is 3. The van der Waals surface area contributed by atoms with Crippen molar-refractivity contribution in [2.24, 2.45) is 11.3 Å². The highest BCUT2D eigenvalue weighted by atomic mass is 16.5. The summed E-state index contributed by atoms with van der Waals surface area (Å²) >= 11 is 0. The average Bonchev–Trinajstić information content (AvgIpc) is 2.62. The second kappa shape index (κ2) is 4.63. The fourth-order valence-corrected chi connectivity index (χ4v) is 3.21. The van der Waals surface area contributed by atoms with Crippen molar-refractivity contribution in [3.63, 3.8) is 0 Å². The number of carbonyl (C=O) groups is 2. The smallest absolute Gasteiger partial charge is 0.313 e. The molecule has 2 saturated carbocycles. The maximum absolute atomic E-state index is 12.1. The van der Waals surface area contributed by atoms with Crippen molar-refractivity contribution in [2.75, 3.05) is 6.61 Å². The third-order valence-corrected chi connectivity index (χ3v) is 4.12. The van der Waals surface area contributed by atoms with Gasteiger partial charge in [0.2, 0.25) is 0 Å². The Bertz CT molecular complexity index is 358. The molecule has 2 aliphatic rings. The Morgan fingerprint density at radius 2 is 2.29 bits per heavy atom. The van der Waals surface area contributed by atoms with Gasteiger partial charge in [-0.3, -0.25) is 9.59 Å². The first-order chi connectivity index (χ1) is 8.09. The lowest BCUT2D eigenvalue weighted by molar-refractivity contribution is -0.147. The lowest BCUT2D eigenvalue weighted by Gasteiger charge is -2.31. The minimum atomic E-state index is -0.285. The Morgan fingerprint density at radius 1 is 1.53 bits per heavy atom. The lowest BCUT2D eigenvalue weighted by Crippen LogP contribution is -2.32. The average molecular weight is 236 g/mol. The number of rotatable bonds is 2. The highest BCUT2D eigenvalue weighted by molar-refractivity contribution is 5.88. The summed E-state index contributed by atoms with van der Waals surface area (Å²) in [4.78, 5) is 23.9. The maximum atomic E-state index is 12.1. The predicted molar refractivity (Wildman–Crippen MR) is 64.4 cm³/mol. The van der Waals surface area contributed by atoms with Crippen molar-refractivity contribution >= 4 is 11.8 Å². The van der Waals surface area contributed by atoms with Crippen LogP contribution < -0.4 is 0 Å². The van der Waals surface area contributed by atoms with Gasteiger partial charge in [-0.15, -0.1) is 0 Å². The first kappa shape index (κ1) is 12.3. The van der Waals surface area contributed by atoms with E-state index < -0.39 is 0 Å². The third-order valence-electron chi connectivity index (χ3n) is 4.12. The number of hydrogen-bond donors (Lipinski definition) is 0. The van der Waals surface area contributed by atoms with Crippen LogP contribution in [-0.2, 0) is 14.3 Å².